The van der Waals surface area contributed by atoms with Gasteiger partial charge in [0.15, 0.2) is 16.3 Å². The molecule has 0 bridgehead atoms. The van der Waals surface area contributed by atoms with Crippen molar-refractivity contribution >= 4 is 28.3 Å². The molecule has 1 saturated heterocycles. The zero-order valence-corrected chi connectivity index (χ0v) is 11.2. The Bertz CT molecular complexity index is 287. The van der Waals surface area contributed by atoms with Gasteiger partial charge in [0.2, 0.25) is 0 Å². The van der Waals surface area contributed by atoms with Crippen molar-refractivity contribution in [3.05, 3.63) is 0 Å². The summed E-state index contributed by atoms with van der Waals surface area (Å²) in [4.78, 5) is 24.6. The van der Waals surface area contributed by atoms with Crippen molar-refractivity contribution in [2.45, 2.75) is 45.3 Å². The lowest BCUT2D eigenvalue weighted by Crippen LogP contribution is -2.43. The van der Waals surface area contributed by atoms with Gasteiger partial charge < -0.3 is 8.57 Å². The van der Waals surface area contributed by atoms with E-state index in [0.717, 1.165) is 6.42 Å². The number of amides is 1. The predicted octanol–water partition coefficient (Wildman–Crippen LogP) is 2.24. The molecule has 1 aliphatic heterocycles. The molecule has 1 rings (SSSR count). The standard InChI is InChI=1S/C10H16BrNO4/c1-10(2,3)15-9(14)12-6-4-5-7(12)8(13)16-11/h7H,4-6H2,1-3H3/t7-/m0/s1. The minimum Gasteiger partial charge on any atom is -0.444 e. The van der Waals surface area contributed by atoms with E-state index in [1.165, 1.54) is 4.90 Å². The molecular weight excluding hydrogens is 278 g/mol. The highest BCUT2D eigenvalue weighted by molar-refractivity contribution is 9.06. The van der Waals surface area contributed by atoms with E-state index in [2.05, 4.69) is 20.1 Å². The molecule has 1 atom stereocenters. The van der Waals surface area contributed by atoms with E-state index in [4.69, 9.17) is 4.74 Å². The van der Waals surface area contributed by atoms with Gasteiger partial charge >= 0.3 is 12.1 Å². The number of carbonyl (C=O) groups excluding carboxylic acids is 2. The van der Waals surface area contributed by atoms with Crippen LogP contribution in [0.2, 0.25) is 0 Å². The minimum absolute atomic E-state index is 0.455. The molecule has 0 spiro atoms. The first-order chi connectivity index (χ1) is 7.35. The van der Waals surface area contributed by atoms with Crippen molar-refractivity contribution in [2.75, 3.05) is 6.54 Å². The molecule has 0 aromatic carbocycles. The number of rotatable bonds is 1. The Hall–Kier alpha value is -0.780. The summed E-state index contributed by atoms with van der Waals surface area (Å²) in [7, 11) is 0. The Labute approximate surface area is 104 Å². The summed E-state index contributed by atoms with van der Waals surface area (Å²) < 4.78 is 9.68. The monoisotopic (exact) mass is 293 g/mol. The Balaban J connectivity index is 2.65. The Morgan fingerprint density at radius 1 is 1.38 bits per heavy atom. The van der Waals surface area contributed by atoms with Crippen LogP contribution in [-0.2, 0) is 13.4 Å². The van der Waals surface area contributed by atoms with Gasteiger partial charge in [-0.2, -0.15) is 0 Å². The average Bonchev–Trinajstić information content (AvgIpc) is 2.62. The minimum atomic E-state index is -0.553. The number of carbonyl (C=O) groups is 2. The van der Waals surface area contributed by atoms with Gasteiger partial charge in [-0.1, -0.05) is 0 Å². The molecule has 0 radical (unpaired) electrons. The molecule has 0 N–H and O–H groups in total. The van der Waals surface area contributed by atoms with E-state index in [-0.39, 0.29) is 0 Å². The van der Waals surface area contributed by atoms with Crippen molar-refractivity contribution in [3.63, 3.8) is 0 Å². The summed E-state index contributed by atoms with van der Waals surface area (Å²) in [6.45, 7) is 5.90. The number of hydrogen-bond acceptors (Lipinski definition) is 4. The second-order valence-corrected chi connectivity index (χ2v) is 5.05. The Morgan fingerprint density at radius 2 is 2.00 bits per heavy atom. The Morgan fingerprint density at radius 3 is 2.50 bits per heavy atom. The summed E-state index contributed by atoms with van der Waals surface area (Å²) in [6.07, 6.45) is 0.934. The molecule has 92 valence electrons. The van der Waals surface area contributed by atoms with Crippen LogP contribution in [0.1, 0.15) is 33.6 Å². The predicted molar refractivity (Wildman–Crippen MR) is 61.0 cm³/mol. The zero-order chi connectivity index (χ0) is 12.3. The molecule has 0 unspecified atom stereocenters. The Kier molecular flexibility index (Phi) is 4.18. The fourth-order valence-electron chi connectivity index (χ4n) is 1.60. The molecule has 0 saturated carbocycles. The summed E-state index contributed by atoms with van der Waals surface area (Å²) in [6, 6.07) is -0.533. The van der Waals surface area contributed by atoms with E-state index in [1.54, 1.807) is 20.8 Å². The molecule has 0 aromatic heterocycles. The van der Waals surface area contributed by atoms with Crippen LogP contribution in [0.25, 0.3) is 0 Å². The zero-order valence-electron chi connectivity index (χ0n) is 9.66. The first-order valence-electron chi connectivity index (χ1n) is 5.17. The van der Waals surface area contributed by atoms with Crippen LogP contribution in [0.4, 0.5) is 4.79 Å². The second-order valence-electron chi connectivity index (χ2n) is 4.73. The largest absolute Gasteiger partial charge is 0.444 e. The smallest absolute Gasteiger partial charge is 0.411 e. The van der Waals surface area contributed by atoms with Crippen LogP contribution in [0, 0.1) is 0 Å². The first-order valence-corrected chi connectivity index (χ1v) is 5.82. The van der Waals surface area contributed by atoms with Crippen molar-refractivity contribution in [1.29, 1.82) is 0 Å². The van der Waals surface area contributed by atoms with Crippen LogP contribution in [0.15, 0.2) is 0 Å². The summed E-state index contributed by atoms with van der Waals surface area (Å²) >= 11 is 2.63. The highest BCUT2D eigenvalue weighted by atomic mass is 79.9. The van der Waals surface area contributed by atoms with E-state index in [0.29, 0.717) is 13.0 Å². The fourth-order valence-corrected chi connectivity index (χ4v) is 1.82. The van der Waals surface area contributed by atoms with E-state index < -0.39 is 23.7 Å². The third-order valence-electron chi connectivity index (χ3n) is 2.23. The number of nitrogens with zero attached hydrogens (tertiary/aromatic N) is 1. The van der Waals surface area contributed by atoms with Crippen molar-refractivity contribution in [1.82, 2.24) is 4.90 Å². The maximum atomic E-state index is 11.8. The van der Waals surface area contributed by atoms with Crippen LogP contribution < -0.4 is 0 Å². The van der Waals surface area contributed by atoms with Gasteiger partial charge in [-0.3, -0.25) is 4.90 Å². The van der Waals surface area contributed by atoms with Crippen LogP contribution in [-0.4, -0.2) is 35.2 Å². The van der Waals surface area contributed by atoms with Gasteiger partial charge in [-0.05, 0) is 33.6 Å². The quantitative estimate of drug-likeness (QED) is 0.744. The molecule has 1 heterocycles. The third-order valence-corrected chi connectivity index (χ3v) is 2.55. The highest BCUT2D eigenvalue weighted by Gasteiger charge is 2.37. The van der Waals surface area contributed by atoms with Crippen LogP contribution >= 0.6 is 16.3 Å². The lowest BCUT2D eigenvalue weighted by molar-refractivity contribution is -0.137. The van der Waals surface area contributed by atoms with Gasteiger partial charge in [0, 0.05) is 6.54 Å². The van der Waals surface area contributed by atoms with Gasteiger partial charge in [0.1, 0.15) is 11.6 Å². The lowest BCUT2D eigenvalue weighted by atomic mass is 10.2. The molecule has 1 fully saturated rings. The summed E-state index contributed by atoms with van der Waals surface area (Å²) in [5.41, 5.74) is -0.553. The first kappa shape index (κ1) is 13.3. The van der Waals surface area contributed by atoms with Crippen LogP contribution in [0.3, 0.4) is 0 Å². The topological polar surface area (TPSA) is 55.8 Å². The second kappa shape index (κ2) is 5.03. The van der Waals surface area contributed by atoms with Crippen molar-refractivity contribution < 1.29 is 18.2 Å². The summed E-state index contributed by atoms with van der Waals surface area (Å²) in [5, 5.41) is 0. The maximum absolute atomic E-state index is 11.8. The SMILES string of the molecule is CC(C)(C)OC(=O)N1CCC[C@H]1C(=O)OBr. The molecule has 0 aromatic rings. The fraction of sp³-hybridized carbons (Fsp3) is 0.800. The lowest BCUT2D eigenvalue weighted by Gasteiger charge is -2.27. The van der Waals surface area contributed by atoms with E-state index in [9.17, 15) is 9.59 Å². The average molecular weight is 294 g/mol. The van der Waals surface area contributed by atoms with Gasteiger partial charge in [0.25, 0.3) is 0 Å². The van der Waals surface area contributed by atoms with Crippen LogP contribution in [0.5, 0.6) is 0 Å². The molecular formula is C10H16BrNO4. The van der Waals surface area contributed by atoms with Gasteiger partial charge in [-0.15, -0.1) is 0 Å². The molecule has 16 heavy (non-hydrogen) atoms. The number of likely N-dealkylation sites (tertiary alicyclic amines) is 1. The maximum Gasteiger partial charge on any atom is 0.411 e. The summed E-state index contributed by atoms with van der Waals surface area (Å²) in [5.74, 6) is -0.455. The normalized spacial score (nSPS) is 20.8. The van der Waals surface area contributed by atoms with Crippen molar-refractivity contribution in [3.8, 4) is 0 Å². The van der Waals surface area contributed by atoms with Crippen molar-refractivity contribution in [2.24, 2.45) is 0 Å². The van der Waals surface area contributed by atoms with E-state index >= 15 is 0 Å². The number of halogens is 1. The number of ether oxygens (including phenoxy) is 1. The number of hydrogen-bond donors (Lipinski definition) is 0. The third kappa shape index (κ3) is 3.37. The van der Waals surface area contributed by atoms with E-state index in [1.807, 2.05) is 0 Å². The van der Waals surface area contributed by atoms with Gasteiger partial charge in [0.05, 0.1) is 0 Å². The molecule has 5 nitrogen and oxygen atoms in total. The van der Waals surface area contributed by atoms with Gasteiger partial charge in [-0.25, -0.2) is 9.59 Å². The highest BCUT2D eigenvalue weighted by Crippen LogP contribution is 2.22. The molecule has 1 aliphatic rings. The molecule has 0 aliphatic carbocycles. The molecule has 6 heteroatoms. The molecule has 1 amide bonds.